The van der Waals surface area contributed by atoms with Crippen molar-refractivity contribution >= 4 is 14.3 Å². The van der Waals surface area contributed by atoms with Gasteiger partial charge in [-0.05, 0) is 39.4 Å². The quantitative estimate of drug-likeness (QED) is 0.531. The zero-order valence-electron chi connectivity index (χ0n) is 10.6. The molecule has 0 aliphatic heterocycles. The van der Waals surface area contributed by atoms with Crippen LogP contribution in [0.4, 0.5) is 0 Å². The van der Waals surface area contributed by atoms with E-state index in [9.17, 15) is 4.79 Å². The van der Waals surface area contributed by atoms with Gasteiger partial charge >= 0.3 is 5.97 Å². The van der Waals surface area contributed by atoms with Crippen molar-refractivity contribution in [3.8, 4) is 0 Å². The molecule has 0 aromatic rings. The molecule has 0 amide bonds. The van der Waals surface area contributed by atoms with Gasteiger partial charge in [-0.1, -0.05) is 0 Å². The third kappa shape index (κ3) is 5.09. The van der Waals surface area contributed by atoms with Crippen LogP contribution in [0, 0.1) is 0 Å². The number of rotatable bonds is 6. The summed E-state index contributed by atoms with van der Waals surface area (Å²) in [5, 5.41) is 0. The highest BCUT2D eigenvalue weighted by molar-refractivity contribution is 6.69. The van der Waals surface area contributed by atoms with Crippen LogP contribution in [-0.4, -0.2) is 39.7 Å². The molecule has 0 spiro atoms. The van der Waals surface area contributed by atoms with Crippen molar-refractivity contribution in [2.75, 3.05) is 13.2 Å². The molecule has 1 aliphatic carbocycles. The molecule has 0 aromatic carbocycles. The van der Waals surface area contributed by atoms with Crippen molar-refractivity contribution in [3.05, 3.63) is 0 Å². The number of hydrogen-bond donors (Lipinski definition) is 0. The highest BCUT2D eigenvalue weighted by Gasteiger charge is 2.34. The summed E-state index contributed by atoms with van der Waals surface area (Å²) in [5.74, 6) is -0.280. The van der Waals surface area contributed by atoms with E-state index in [0.717, 1.165) is 12.8 Å². The van der Waals surface area contributed by atoms with Crippen molar-refractivity contribution in [2.45, 2.75) is 51.6 Å². The average Bonchev–Trinajstić information content (AvgIpc) is 2.07. The predicted molar refractivity (Wildman–Crippen MR) is 63.8 cm³/mol. The van der Waals surface area contributed by atoms with Gasteiger partial charge in [-0.25, -0.2) is 4.79 Å². The fraction of sp³-hybridized carbons (Fsp3) is 0.909. The zero-order valence-corrected chi connectivity index (χ0v) is 11.6. The van der Waals surface area contributed by atoms with Crippen LogP contribution in [0.5, 0.6) is 0 Å². The molecule has 1 rings (SSSR count). The van der Waals surface area contributed by atoms with E-state index in [0.29, 0.717) is 12.7 Å². The molecular weight excluding hydrogens is 224 g/mol. The Labute approximate surface area is 98.4 Å². The minimum Gasteiger partial charge on any atom is -0.464 e. The van der Waals surface area contributed by atoms with Crippen molar-refractivity contribution in [3.63, 3.8) is 0 Å². The van der Waals surface area contributed by atoms with Crippen LogP contribution in [0.2, 0.25) is 19.6 Å². The Morgan fingerprint density at radius 1 is 1.25 bits per heavy atom. The van der Waals surface area contributed by atoms with Crippen LogP contribution in [0.1, 0.15) is 19.8 Å². The molecule has 1 fully saturated rings. The molecule has 0 heterocycles. The van der Waals surface area contributed by atoms with E-state index in [-0.39, 0.29) is 18.7 Å². The molecular formula is C11H22O4Si. The molecule has 0 saturated heterocycles. The SMILES string of the molecule is CCOC(=O)COC1CC(O[Si](C)(C)C)C1. The average molecular weight is 246 g/mol. The van der Waals surface area contributed by atoms with Gasteiger partial charge in [0.25, 0.3) is 0 Å². The molecule has 0 atom stereocenters. The predicted octanol–water partition coefficient (Wildman–Crippen LogP) is 1.95. The van der Waals surface area contributed by atoms with E-state index < -0.39 is 8.32 Å². The summed E-state index contributed by atoms with van der Waals surface area (Å²) >= 11 is 0. The molecule has 5 heteroatoms. The fourth-order valence-electron chi connectivity index (χ4n) is 1.64. The van der Waals surface area contributed by atoms with E-state index in [1.54, 1.807) is 6.92 Å². The third-order valence-electron chi connectivity index (χ3n) is 2.31. The zero-order chi connectivity index (χ0) is 12.2. The summed E-state index contributed by atoms with van der Waals surface area (Å²) in [5.41, 5.74) is 0. The van der Waals surface area contributed by atoms with Gasteiger partial charge in [0, 0.05) is 6.10 Å². The first kappa shape index (κ1) is 13.7. The maximum Gasteiger partial charge on any atom is 0.332 e. The highest BCUT2D eigenvalue weighted by atomic mass is 28.4. The lowest BCUT2D eigenvalue weighted by molar-refractivity contribution is -0.155. The van der Waals surface area contributed by atoms with Crippen molar-refractivity contribution in [1.29, 1.82) is 0 Å². The Bertz CT molecular complexity index is 231. The summed E-state index contributed by atoms with van der Waals surface area (Å²) in [7, 11) is -1.42. The van der Waals surface area contributed by atoms with Gasteiger partial charge in [-0.15, -0.1) is 0 Å². The largest absolute Gasteiger partial charge is 0.464 e. The second kappa shape index (κ2) is 5.79. The first-order valence-corrected chi connectivity index (χ1v) is 9.26. The second-order valence-corrected chi connectivity index (χ2v) is 9.52. The Morgan fingerprint density at radius 3 is 2.38 bits per heavy atom. The summed E-state index contributed by atoms with van der Waals surface area (Å²) in [4.78, 5) is 11.0. The maximum atomic E-state index is 11.0. The topological polar surface area (TPSA) is 44.8 Å². The normalized spacial score (nSPS) is 25.0. The van der Waals surface area contributed by atoms with Crippen molar-refractivity contribution < 1.29 is 18.7 Å². The van der Waals surface area contributed by atoms with E-state index >= 15 is 0 Å². The fourth-order valence-corrected chi connectivity index (χ4v) is 2.83. The van der Waals surface area contributed by atoms with E-state index in [2.05, 4.69) is 19.6 Å². The van der Waals surface area contributed by atoms with E-state index in [4.69, 9.17) is 13.9 Å². The molecule has 0 aromatic heterocycles. The monoisotopic (exact) mass is 246 g/mol. The number of hydrogen-bond acceptors (Lipinski definition) is 4. The van der Waals surface area contributed by atoms with Crippen LogP contribution in [0.15, 0.2) is 0 Å². The van der Waals surface area contributed by atoms with Crippen LogP contribution in [0.3, 0.4) is 0 Å². The Morgan fingerprint density at radius 2 is 1.88 bits per heavy atom. The van der Waals surface area contributed by atoms with Crippen molar-refractivity contribution in [1.82, 2.24) is 0 Å². The second-order valence-electron chi connectivity index (χ2n) is 5.06. The minimum atomic E-state index is -1.42. The molecule has 0 N–H and O–H groups in total. The van der Waals surface area contributed by atoms with Crippen LogP contribution < -0.4 is 0 Å². The Kier molecular flexibility index (Phi) is 4.95. The summed E-state index contributed by atoms with van der Waals surface area (Å²) in [6.07, 6.45) is 2.32. The number of carbonyl (C=O) groups excluding carboxylic acids is 1. The third-order valence-corrected chi connectivity index (χ3v) is 3.35. The molecule has 1 aliphatic rings. The molecule has 0 bridgehead atoms. The van der Waals surface area contributed by atoms with Crippen molar-refractivity contribution in [2.24, 2.45) is 0 Å². The molecule has 16 heavy (non-hydrogen) atoms. The van der Waals surface area contributed by atoms with Gasteiger partial charge < -0.3 is 13.9 Å². The molecule has 0 unspecified atom stereocenters. The van der Waals surface area contributed by atoms with Gasteiger partial charge in [-0.2, -0.15) is 0 Å². The Balaban J connectivity index is 2.06. The van der Waals surface area contributed by atoms with Gasteiger partial charge in [0.2, 0.25) is 0 Å². The summed E-state index contributed by atoms with van der Waals surface area (Å²) in [6.45, 7) is 8.81. The minimum absolute atomic E-state index is 0.0676. The van der Waals surface area contributed by atoms with Crippen LogP contribution in [-0.2, 0) is 18.7 Å². The lowest BCUT2D eigenvalue weighted by atomic mass is 9.92. The molecule has 0 radical (unpaired) electrons. The van der Waals surface area contributed by atoms with Gasteiger partial charge in [-0.3, -0.25) is 0 Å². The number of ether oxygens (including phenoxy) is 2. The smallest absolute Gasteiger partial charge is 0.332 e. The standard InChI is InChI=1S/C11H22O4Si/c1-5-13-11(12)8-14-9-6-10(7-9)15-16(2,3)4/h9-10H,5-8H2,1-4H3. The van der Waals surface area contributed by atoms with Gasteiger partial charge in [0.05, 0.1) is 12.7 Å². The van der Waals surface area contributed by atoms with Gasteiger partial charge in [0.15, 0.2) is 8.32 Å². The van der Waals surface area contributed by atoms with E-state index in [1.807, 2.05) is 0 Å². The Hall–Kier alpha value is -0.393. The summed E-state index contributed by atoms with van der Waals surface area (Å²) < 4.78 is 16.1. The number of esters is 1. The van der Waals surface area contributed by atoms with Crippen LogP contribution >= 0.6 is 0 Å². The first-order valence-electron chi connectivity index (χ1n) is 5.85. The van der Waals surface area contributed by atoms with Crippen LogP contribution in [0.25, 0.3) is 0 Å². The van der Waals surface area contributed by atoms with E-state index in [1.165, 1.54) is 0 Å². The lowest BCUT2D eigenvalue weighted by Gasteiger charge is -2.38. The summed E-state index contributed by atoms with van der Waals surface area (Å²) in [6, 6.07) is 0. The molecule has 94 valence electrons. The lowest BCUT2D eigenvalue weighted by Crippen LogP contribution is -2.44. The number of carbonyl (C=O) groups is 1. The highest BCUT2D eigenvalue weighted by Crippen LogP contribution is 2.28. The molecule has 4 nitrogen and oxygen atoms in total. The first-order chi connectivity index (χ1) is 7.40. The van der Waals surface area contributed by atoms with Gasteiger partial charge in [0.1, 0.15) is 6.61 Å². The molecule has 1 saturated carbocycles. The maximum absolute atomic E-state index is 11.0.